The Morgan fingerprint density at radius 1 is 1.36 bits per heavy atom. The molecule has 74 valence electrons. The van der Waals surface area contributed by atoms with Crippen molar-refractivity contribution in [3.8, 4) is 0 Å². The normalized spacial score (nSPS) is 11.8. The van der Waals surface area contributed by atoms with Crippen molar-refractivity contribution in [2.45, 2.75) is 11.8 Å². The third-order valence-corrected chi connectivity index (χ3v) is 2.70. The van der Waals surface area contributed by atoms with Gasteiger partial charge in [-0.15, -0.1) is 0 Å². The summed E-state index contributed by atoms with van der Waals surface area (Å²) in [6.45, 7) is 5.22. The number of sulfonamides is 1. The molecule has 0 aliphatic heterocycles. The van der Waals surface area contributed by atoms with Gasteiger partial charge < -0.3 is 0 Å². The molecule has 0 saturated carbocycles. The monoisotopic (exact) mass is 209 g/mol. The van der Waals surface area contributed by atoms with Crippen LogP contribution in [-0.4, -0.2) is 14.6 Å². The zero-order chi connectivity index (χ0) is 10.6. The highest BCUT2D eigenvalue weighted by molar-refractivity contribution is 7.90. The summed E-state index contributed by atoms with van der Waals surface area (Å²) in [5.41, 5.74) is 0.601. The Balaban J connectivity index is 3.05. The van der Waals surface area contributed by atoms with Crippen LogP contribution >= 0.6 is 0 Å². The summed E-state index contributed by atoms with van der Waals surface area (Å²) >= 11 is 0. The lowest BCUT2D eigenvalue weighted by atomic mass is 10.4. The average molecular weight is 209 g/mol. The molecule has 1 aromatic rings. The van der Waals surface area contributed by atoms with Gasteiger partial charge in [0.05, 0.1) is 4.90 Å². The Hall–Kier alpha value is -1.42. The zero-order valence-electron chi connectivity index (χ0n) is 7.84. The quantitative estimate of drug-likeness (QED) is 0.715. The molecule has 4 heteroatoms. The fraction of sp³-hybridized carbons (Fsp3) is 0.100. The second-order valence-corrected chi connectivity index (χ2v) is 4.50. The number of nitrogens with zero attached hydrogens (tertiary/aromatic N) is 1. The molecule has 0 aliphatic rings. The van der Waals surface area contributed by atoms with Gasteiger partial charge in [-0.1, -0.05) is 24.8 Å². The minimum atomic E-state index is -3.55. The first-order valence-corrected chi connectivity index (χ1v) is 5.47. The third kappa shape index (κ3) is 2.81. The van der Waals surface area contributed by atoms with E-state index in [1.54, 1.807) is 25.1 Å². The molecule has 1 aromatic carbocycles. The number of allylic oxidation sites excluding steroid dienone is 1. The molecule has 0 bridgehead atoms. The van der Waals surface area contributed by atoms with Crippen LogP contribution in [0, 0.1) is 0 Å². The van der Waals surface area contributed by atoms with Crippen LogP contribution in [0.1, 0.15) is 6.92 Å². The Bertz CT molecular complexity index is 446. The first-order valence-electron chi connectivity index (χ1n) is 4.03. The van der Waals surface area contributed by atoms with E-state index in [0.29, 0.717) is 5.57 Å². The largest absolute Gasteiger partial charge is 0.282 e. The van der Waals surface area contributed by atoms with E-state index in [4.69, 9.17) is 0 Å². The van der Waals surface area contributed by atoms with Gasteiger partial charge in [0, 0.05) is 6.21 Å². The molecule has 0 saturated heterocycles. The maximum absolute atomic E-state index is 11.5. The average Bonchev–Trinajstić information content (AvgIpc) is 2.16. The van der Waals surface area contributed by atoms with Gasteiger partial charge >= 0.3 is 0 Å². The van der Waals surface area contributed by atoms with Crippen molar-refractivity contribution in [2.24, 2.45) is 4.40 Å². The van der Waals surface area contributed by atoms with E-state index < -0.39 is 10.0 Å². The van der Waals surface area contributed by atoms with Crippen molar-refractivity contribution in [3.05, 3.63) is 42.5 Å². The molecule has 0 radical (unpaired) electrons. The highest BCUT2D eigenvalue weighted by Crippen LogP contribution is 2.10. The molecule has 0 aromatic heterocycles. The van der Waals surface area contributed by atoms with Crippen molar-refractivity contribution < 1.29 is 8.42 Å². The second kappa shape index (κ2) is 4.19. The molecular weight excluding hydrogens is 198 g/mol. The Morgan fingerprint density at radius 2 is 1.93 bits per heavy atom. The lowest BCUT2D eigenvalue weighted by Gasteiger charge is -1.96. The summed E-state index contributed by atoms with van der Waals surface area (Å²) in [7, 11) is -3.55. The number of benzene rings is 1. The first-order chi connectivity index (χ1) is 6.52. The molecule has 14 heavy (non-hydrogen) atoms. The van der Waals surface area contributed by atoms with Gasteiger partial charge in [-0.25, -0.2) is 0 Å². The predicted molar refractivity (Wildman–Crippen MR) is 56.9 cm³/mol. The number of hydrogen-bond donors (Lipinski definition) is 0. The van der Waals surface area contributed by atoms with E-state index in [-0.39, 0.29) is 4.90 Å². The van der Waals surface area contributed by atoms with Crippen molar-refractivity contribution in [1.29, 1.82) is 0 Å². The maximum Gasteiger partial charge on any atom is 0.282 e. The molecule has 0 spiro atoms. The van der Waals surface area contributed by atoms with Gasteiger partial charge in [0.2, 0.25) is 0 Å². The van der Waals surface area contributed by atoms with Crippen molar-refractivity contribution in [3.63, 3.8) is 0 Å². The standard InChI is InChI=1S/C10H11NO2S/c1-9(2)8-11-14(12,13)10-6-4-3-5-7-10/h3-8H,1H2,2H3/b11-8-. The van der Waals surface area contributed by atoms with Gasteiger partial charge in [0.15, 0.2) is 0 Å². The highest BCUT2D eigenvalue weighted by Gasteiger charge is 2.09. The topological polar surface area (TPSA) is 46.5 Å². The van der Waals surface area contributed by atoms with Gasteiger partial charge in [-0.2, -0.15) is 12.8 Å². The van der Waals surface area contributed by atoms with Gasteiger partial charge in [0.1, 0.15) is 0 Å². The minimum Gasteiger partial charge on any atom is -0.199 e. The van der Waals surface area contributed by atoms with Crippen molar-refractivity contribution >= 4 is 16.2 Å². The van der Waals surface area contributed by atoms with Crippen molar-refractivity contribution in [1.82, 2.24) is 0 Å². The molecule has 0 fully saturated rings. The minimum absolute atomic E-state index is 0.192. The molecule has 0 N–H and O–H groups in total. The molecule has 0 aliphatic carbocycles. The first kappa shape index (κ1) is 10.7. The molecule has 3 nitrogen and oxygen atoms in total. The molecule has 0 amide bonds. The van der Waals surface area contributed by atoms with Crippen LogP contribution in [0.15, 0.2) is 51.8 Å². The predicted octanol–water partition coefficient (Wildman–Crippen LogP) is 2.02. The molecular formula is C10H11NO2S. The van der Waals surface area contributed by atoms with E-state index in [9.17, 15) is 8.42 Å². The van der Waals surface area contributed by atoms with Crippen LogP contribution in [0.3, 0.4) is 0 Å². The SMILES string of the molecule is C=C(C)/C=N\S(=O)(=O)c1ccccc1. The fourth-order valence-electron chi connectivity index (χ4n) is 0.813. The van der Waals surface area contributed by atoms with Crippen LogP contribution < -0.4 is 0 Å². The van der Waals surface area contributed by atoms with Crippen LogP contribution in [0.5, 0.6) is 0 Å². The Labute approximate surface area is 83.9 Å². The van der Waals surface area contributed by atoms with Gasteiger partial charge in [-0.05, 0) is 24.6 Å². The zero-order valence-corrected chi connectivity index (χ0v) is 8.66. The Kier molecular flexibility index (Phi) is 3.19. The summed E-state index contributed by atoms with van der Waals surface area (Å²) in [6, 6.07) is 8.07. The summed E-state index contributed by atoms with van der Waals surface area (Å²) < 4.78 is 26.5. The summed E-state index contributed by atoms with van der Waals surface area (Å²) in [4.78, 5) is 0.192. The van der Waals surface area contributed by atoms with Crippen LogP contribution in [0.4, 0.5) is 0 Å². The molecule has 0 atom stereocenters. The lowest BCUT2D eigenvalue weighted by Crippen LogP contribution is -1.96. The molecule has 0 unspecified atom stereocenters. The van der Waals surface area contributed by atoms with E-state index in [0.717, 1.165) is 0 Å². The third-order valence-electron chi connectivity index (χ3n) is 1.45. The van der Waals surface area contributed by atoms with Gasteiger partial charge in [-0.3, -0.25) is 0 Å². The summed E-state index contributed by atoms with van der Waals surface area (Å²) in [5, 5.41) is 0. The number of rotatable bonds is 3. The molecule has 1 rings (SSSR count). The fourth-order valence-corrected chi connectivity index (χ4v) is 1.75. The van der Waals surface area contributed by atoms with E-state index in [2.05, 4.69) is 11.0 Å². The lowest BCUT2D eigenvalue weighted by molar-refractivity contribution is 0.598. The van der Waals surface area contributed by atoms with E-state index in [1.807, 2.05) is 0 Å². The van der Waals surface area contributed by atoms with Crippen LogP contribution in [0.25, 0.3) is 0 Å². The summed E-state index contributed by atoms with van der Waals surface area (Å²) in [5.74, 6) is 0. The van der Waals surface area contributed by atoms with Crippen molar-refractivity contribution in [2.75, 3.05) is 0 Å². The second-order valence-electron chi connectivity index (χ2n) is 2.87. The summed E-state index contributed by atoms with van der Waals surface area (Å²) in [6.07, 6.45) is 1.24. The Morgan fingerprint density at radius 3 is 2.43 bits per heavy atom. The van der Waals surface area contributed by atoms with E-state index >= 15 is 0 Å². The van der Waals surface area contributed by atoms with Gasteiger partial charge in [0.25, 0.3) is 10.0 Å². The smallest absolute Gasteiger partial charge is 0.199 e. The molecule has 0 heterocycles. The van der Waals surface area contributed by atoms with E-state index in [1.165, 1.54) is 18.3 Å². The van der Waals surface area contributed by atoms with Crippen LogP contribution in [0.2, 0.25) is 0 Å². The maximum atomic E-state index is 11.5. The highest BCUT2D eigenvalue weighted by atomic mass is 32.2. The van der Waals surface area contributed by atoms with Crippen LogP contribution in [-0.2, 0) is 10.0 Å². The number of hydrogen-bond acceptors (Lipinski definition) is 2.